The van der Waals surface area contributed by atoms with Crippen molar-refractivity contribution in [3.8, 4) is 5.75 Å². The van der Waals surface area contributed by atoms with Crippen molar-refractivity contribution in [3.05, 3.63) is 73.4 Å². The molecule has 0 aliphatic rings. The van der Waals surface area contributed by atoms with Gasteiger partial charge in [-0.2, -0.15) is 5.10 Å². The number of hydrogen-bond acceptors (Lipinski definition) is 5. The highest BCUT2D eigenvalue weighted by Gasteiger charge is 2.10. The number of rotatable bonds is 7. The number of para-hydroxylation sites is 1. The lowest BCUT2D eigenvalue weighted by Gasteiger charge is -2.06. The van der Waals surface area contributed by atoms with Gasteiger partial charge in [-0.3, -0.25) is 4.79 Å². The number of nitrogens with one attached hydrogen (secondary N) is 1. The third-order valence-corrected chi connectivity index (χ3v) is 6.27. The normalized spacial score (nSPS) is 11.0. The van der Waals surface area contributed by atoms with Crippen molar-refractivity contribution < 1.29 is 13.9 Å². The van der Waals surface area contributed by atoms with E-state index < -0.39 is 0 Å². The van der Waals surface area contributed by atoms with Gasteiger partial charge in [-0.25, -0.2) is 5.43 Å². The minimum atomic E-state index is -0.364. The highest BCUT2D eigenvalue weighted by atomic mass is 127. The monoisotopic (exact) mass is 590 g/mol. The van der Waals surface area contributed by atoms with Crippen LogP contribution in [0.4, 0.5) is 0 Å². The molecule has 0 atom stereocenters. The Labute approximate surface area is 193 Å². The first kappa shape index (κ1) is 21.2. The molecule has 0 fully saturated rings. The van der Waals surface area contributed by atoms with Gasteiger partial charge in [0.2, 0.25) is 0 Å². The van der Waals surface area contributed by atoms with Crippen LogP contribution < -0.4 is 10.2 Å². The van der Waals surface area contributed by atoms with Crippen LogP contribution in [-0.4, -0.2) is 18.7 Å². The van der Waals surface area contributed by atoms with E-state index in [9.17, 15) is 4.79 Å². The van der Waals surface area contributed by atoms with E-state index in [1.54, 1.807) is 12.1 Å². The standard InChI is InChI=1S/C19H13BrClIN2O3S/c20-15-9-13(27-19(15)28-14-7-5-12(21)6-8-14)10-23-24-18(25)11-26-17-4-2-1-3-16(17)22/h1-10H,11H2,(H,24,25)/b23-10+. The molecule has 0 aliphatic heterocycles. The number of carbonyl (C=O) groups is 1. The molecular weight excluding hydrogens is 579 g/mol. The first-order valence-electron chi connectivity index (χ1n) is 7.93. The van der Waals surface area contributed by atoms with E-state index in [2.05, 4.69) is 49.0 Å². The van der Waals surface area contributed by atoms with Crippen LogP contribution in [0, 0.1) is 3.57 Å². The van der Waals surface area contributed by atoms with Crippen molar-refractivity contribution >= 4 is 74.0 Å². The Bertz CT molecular complexity index is 995. The van der Waals surface area contributed by atoms with Crippen LogP contribution in [-0.2, 0) is 4.79 Å². The summed E-state index contributed by atoms with van der Waals surface area (Å²) in [6.07, 6.45) is 1.43. The second-order valence-corrected chi connectivity index (χ2v) is 8.85. The summed E-state index contributed by atoms with van der Waals surface area (Å²) < 4.78 is 12.9. The average Bonchev–Trinajstić information content (AvgIpc) is 3.02. The van der Waals surface area contributed by atoms with Gasteiger partial charge < -0.3 is 9.15 Å². The summed E-state index contributed by atoms with van der Waals surface area (Å²) in [6, 6.07) is 16.7. The molecule has 1 heterocycles. The molecule has 0 aliphatic carbocycles. The Morgan fingerprint density at radius 2 is 2.04 bits per heavy atom. The molecule has 144 valence electrons. The van der Waals surface area contributed by atoms with Gasteiger partial charge in [-0.15, -0.1) is 0 Å². The minimum Gasteiger partial charge on any atom is -0.483 e. The number of hydrazone groups is 1. The third-order valence-electron chi connectivity index (χ3n) is 3.28. The molecule has 0 saturated carbocycles. The number of ether oxygens (including phenoxy) is 1. The van der Waals surface area contributed by atoms with Gasteiger partial charge >= 0.3 is 0 Å². The van der Waals surface area contributed by atoms with Gasteiger partial charge in [0.1, 0.15) is 11.5 Å². The predicted octanol–water partition coefficient (Wildman–Crippen LogP) is 5.98. The molecule has 0 saturated heterocycles. The highest BCUT2D eigenvalue weighted by Crippen LogP contribution is 2.35. The Balaban J connectivity index is 1.52. The lowest BCUT2D eigenvalue weighted by Crippen LogP contribution is -2.24. The minimum absolute atomic E-state index is 0.128. The Morgan fingerprint density at radius 3 is 2.79 bits per heavy atom. The van der Waals surface area contributed by atoms with Crippen LogP contribution in [0.2, 0.25) is 5.02 Å². The van der Waals surface area contributed by atoms with Crippen LogP contribution in [0.3, 0.4) is 0 Å². The van der Waals surface area contributed by atoms with Crippen molar-refractivity contribution in [1.29, 1.82) is 0 Å². The Hall–Kier alpha value is -1.49. The van der Waals surface area contributed by atoms with Crippen molar-refractivity contribution in [3.63, 3.8) is 0 Å². The summed E-state index contributed by atoms with van der Waals surface area (Å²) in [6.45, 7) is -0.128. The van der Waals surface area contributed by atoms with Gasteiger partial charge in [0.15, 0.2) is 11.7 Å². The molecule has 0 unspecified atom stereocenters. The fourth-order valence-corrected chi connectivity index (χ4v) is 4.02. The number of benzene rings is 2. The fourth-order valence-electron chi connectivity index (χ4n) is 2.02. The van der Waals surface area contributed by atoms with Gasteiger partial charge in [-0.1, -0.05) is 35.5 Å². The molecule has 5 nitrogen and oxygen atoms in total. The molecule has 28 heavy (non-hydrogen) atoms. The van der Waals surface area contributed by atoms with E-state index in [1.165, 1.54) is 18.0 Å². The smallest absolute Gasteiger partial charge is 0.277 e. The largest absolute Gasteiger partial charge is 0.483 e. The van der Waals surface area contributed by atoms with Crippen LogP contribution in [0.25, 0.3) is 0 Å². The maximum atomic E-state index is 11.9. The maximum absolute atomic E-state index is 11.9. The first-order chi connectivity index (χ1) is 13.5. The molecule has 3 aromatic rings. The topological polar surface area (TPSA) is 63.8 Å². The number of furan rings is 1. The summed E-state index contributed by atoms with van der Waals surface area (Å²) in [5.74, 6) is 0.792. The van der Waals surface area contributed by atoms with E-state index in [1.807, 2.05) is 42.5 Å². The van der Waals surface area contributed by atoms with Gasteiger partial charge in [0.25, 0.3) is 5.91 Å². The summed E-state index contributed by atoms with van der Waals surface area (Å²) in [4.78, 5) is 12.8. The molecule has 1 N–H and O–H groups in total. The summed E-state index contributed by atoms with van der Waals surface area (Å²) >= 11 is 12.9. The number of hydrogen-bond donors (Lipinski definition) is 1. The predicted molar refractivity (Wildman–Crippen MR) is 122 cm³/mol. The maximum Gasteiger partial charge on any atom is 0.277 e. The quantitative estimate of drug-likeness (QED) is 0.209. The number of carbonyl (C=O) groups excluding carboxylic acids is 1. The average molecular weight is 592 g/mol. The lowest BCUT2D eigenvalue weighted by atomic mass is 10.3. The van der Waals surface area contributed by atoms with E-state index in [0.29, 0.717) is 21.6 Å². The van der Waals surface area contributed by atoms with Crippen LogP contribution in [0.1, 0.15) is 5.76 Å². The van der Waals surface area contributed by atoms with Gasteiger partial charge in [0, 0.05) is 16.0 Å². The number of nitrogens with zero attached hydrogens (tertiary/aromatic N) is 1. The summed E-state index contributed by atoms with van der Waals surface area (Å²) in [5, 5.41) is 5.26. The summed E-state index contributed by atoms with van der Waals surface area (Å²) in [5.41, 5.74) is 2.41. The molecule has 1 aromatic heterocycles. The Kier molecular flexibility index (Phi) is 7.83. The molecule has 0 bridgehead atoms. The second-order valence-electron chi connectivity index (χ2n) is 5.35. The molecule has 0 spiro atoms. The highest BCUT2D eigenvalue weighted by molar-refractivity contribution is 14.1. The molecule has 3 rings (SSSR count). The molecule has 1 amide bonds. The first-order valence-corrected chi connectivity index (χ1v) is 11.0. The van der Waals surface area contributed by atoms with E-state index in [0.717, 1.165) is 12.9 Å². The zero-order valence-electron chi connectivity index (χ0n) is 14.2. The second kappa shape index (κ2) is 10.3. The van der Waals surface area contributed by atoms with Crippen molar-refractivity contribution in [2.75, 3.05) is 6.61 Å². The Morgan fingerprint density at radius 1 is 1.29 bits per heavy atom. The zero-order valence-corrected chi connectivity index (χ0v) is 19.5. The van der Waals surface area contributed by atoms with Crippen LogP contribution in [0.5, 0.6) is 5.75 Å². The number of halogens is 3. The van der Waals surface area contributed by atoms with Crippen LogP contribution in [0.15, 0.2) is 78.6 Å². The van der Waals surface area contributed by atoms with Crippen molar-refractivity contribution in [1.82, 2.24) is 5.43 Å². The van der Waals surface area contributed by atoms with E-state index in [4.69, 9.17) is 20.8 Å². The molecular formula is C19H13BrClIN2O3S. The van der Waals surface area contributed by atoms with Crippen molar-refractivity contribution in [2.24, 2.45) is 5.10 Å². The van der Waals surface area contributed by atoms with E-state index in [-0.39, 0.29) is 12.5 Å². The fraction of sp³-hybridized carbons (Fsp3) is 0.0526. The molecule has 0 radical (unpaired) electrons. The van der Waals surface area contributed by atoms with E-state index >= 15 is 0 Å². The van der Waals surface area contributed by atoms with Crippen molar-refractivity contribution in [2.45, 2.75) is 9.99 Å². The summed E-state index contributed by atoms with van der Waals surface area (Å²) in [7, 11) is 0. The van der Waals surface area contributed by atoms with Crippen LogP contribution >= 0.6 is 61.9 Å². The lowest BCUT2D eigenvalue weighted by molar-refractivity contribution is -0.123. The van der Waals surface area contributed by atoms with Gasteiger partial charge in [-0.05, 0) is 74.9 Å². The molecule has 2 aromatic carbocycles. The third kappa shape index (κ3) is 6.26. The SMILES string of the molecule is O=C(COc1ccccc1I)N/N=C/c1cc(Br)c(Sc2ccc(Cl)cc2)o1. The van der Waals surface area contributed by atoms with Gasteiger partial charge in [0.05, 0.1) is 14.3 Å². The number of amides is 1. The zero-order chi connectivity index (χ0) is 19.9. The molecule has 9 heteroatoms.